The summed E-state index contributed by atoms with van der Waals surface area (Å²) in [6.07, 6.45) is 6.30. The molecule has 7 heteroatoms. The summed E-state index contributed by atoms with van der Waals surface area (Å²) in [6.45, 7) is 4.75. The third-order valence-corrected chi connectivity index (χ3v) is 6.76. The summed E-state index contributed by atoms with van der Waals surface area (Å²) in [5.41, 5.74) is 2.86. The number of benzene rings is 1. The molecule has 0 N–H and O–H groups in total. The van der Waals surface area contributed by atoms with E-state index in [0.29, 0.717) is 18.0 Å². The second kappa shape index (κ2) is 8.32. The van der Waals surface area contributed by atoms with E-state index in [1.54, 1.807) is 13.4 Å². The lowest BCUT2D eigenvalue weighted by Crippen LogP contribution is -2.49. The predicted molar refractivity (Wildman–Crippen MR) is 118 cm³/mol. The Morgan fingerprint density at radius 1 is 0.900 bits per heavy atom. The van der Waals surface area contributed by atoms with Gasteiger partial charge < -0.3 is 9.64 Å². The lowest BCUT2D eigenvalue weighted by atomic mass is 9.90. The number of nitrogens with zero attached hydrogens (tertiary/aromatic N) is 6. The third kappa shape index (κ3) is 3.56. The van der Waals surface area contributed by atoms with Crippen molar-refractivity contribution in [3.63, 3.8) is 0 Å². The molecule has 0 radical (unpaired) electrons. The van der Waals surface area contributed by atoms with Gasteiger partial charge in [-0.05, 0) is 32.7 Å². The number of rotatable bonds is 4. The van der Waals surface area contributed by atoms with Gasteiger partial charge >= 0.3 is 0 Å². The molecule has 30 heavy (non-hydrogen) atoms. The monoisotopic (exact) mass is 406 g/mol. The molecule has 3 aromatic rings. The van der Waals surface area contributed by atoms with Gasteiger partial charge in [-0.2, -0.15) is 5.10 Å². The van der Waals surface area contributed by atoms with Gasteiger partial charge in [-0.1, -0.05) is 30.3 Å². The lowest BCUT2D eigenvalue weighted by molar-refractivity contribution is 0.0815. The molecule has 1 aliphatic heterocycles. The maximum absolute atomic E-state index is 5.58. The van der Waals surface area contributed by atoms with E-state index in [9.17, 15) is 0 Å². The minimum atomic E-state index is 0.369. The predicted octanol–water partition coefficient (Wildman–Crippen LogP) is 3.23. The third-order valence-electron chi connectivity index (χ3n) is 6.76. The van der Waals surface area contributed by atoms with Crippen molar-refractivity contribution in [1.29, 1.82) is 0 Å². The summed E-state index contributed by atoms with van der Waals surface area (Å²) < 4.78 is 7.72. The van der Waals surface area contributed by atoms with E-state index in [4.69, 9.17) is 9.84 Å². The van der Waals surface area contributed by atoms with Crippen LogP contribution in [-0.4, -0.2) is 75.9 Å². The van der Waals surface area contributed by atoms with Gasteiger partial charge in [0.1, 0.15) is 17.4 Å². The Balaban J connectivity index is 1.43. The van der Waals surface area contributed by atoms with Gasteiger partial charge in [0.15, 0.2) is 5.65 Å². The molecule has 0 bridgehead atoms. The van der Waals surface area contributed by atoms with Crippen LogP contribution in [0.2, 0.25) is 0 Å². The Labute approximate surface area is 177 Å². The van der Waals surface area contributed by atoms with Gasteiger partial charge in [0, 0.05) is 37.8 Å². The van der Waals surface area contributed by atoms with Crippen molar-refractivity contribution in [2.24, 2.45) is 0 Å². The summed E-state index contributed by atoms with van der Waals surface area (Å²) in [7, 11) is 3.88. The standard InChI is InChI=1S/C23H30N6O/c1-27-12-14-28(15-13-27)18-8-10-19(11-9-18)29-22-20(23(30-2)25-16-24-22)21(26-29)17-6-4-3-5-7-17/h3-7,16,18-19H,8-15H2,1-2H3. The summed E-state index contributed by atoms with van der Waals surface area (Å²) in [5, 5.41) is 5.96. The van der Waals surface area contributed by atoms with E-state index in [1.165, 1.54) is 39.0 Å². The van der Waals surface area contributed by atoms with Crippen LogP contribution in [0, 0.1) is 0 Å². The van der Waals surface area contributed by atoms with Crippen molar-refractivity contribution in [2.75, 3.05) is 40.3 Å². The second-order valence-electron chi connectivity index (χ2n) is 8.54. The van der Waals surface area contributed by atoms with Gasteiger partial charge in [-0.25, -0.2) is 14.6 Å². The van der Waals surface area contributed by atoms with E-state index in [2.05, 4.69) is 43.6 Å². The van der Waals surface area contributed by atoms with Crippen LogP contribution >= 0.6 is 0 Å². The molecule has 1 aliphatic carbocycles. The molecule has 0 atom stereocenters. The molecule has 7 nitrogen and oxygen atoms in total. The van der Waals surface area contributed by atoms with Gasteiger partial charge in [-0.15, -0.1) is 0 Å². The Bertz CT molecular complexity index is 988. The van der Waals surface area contributed by atoms with Crippen molar-refractivity contribution in [1.82, 2.24) is 29.5 Å². The number of aromatic nitrogens is 4. The highest BCUT2D eigenvalue weighted by Gasteiger charge is 2.30. The van der Waals surface area contributed by atoms with Crippen LogP contribution in [0.5, 0.6) is 5.88 Å². The van der Waals surface area contributed by atoms with E-state index in [0.717, 1.165) is 35.1 Å². The quantitative estimate of drug-likeness (QED) is 0.663. The number of hydrogen-bond donors (Lipinski definition) is 0. The molecule has 2 aromatic heterocycles. The summed E-state index contributed by atoms with van der Waals surface area (Å²) in [6, 6.07) is 11.3. The first kappa shape index (κ1) is 19.5. The first-order valence-electron chi connectivity index (χ1n) is 11.0. The van der Waals surface area contributed by atoms with Crippen LogP contribution in [0.25, 0.3) is 22.3 Å². The molecule has 0 unspecified atom stereocenters. The average Bonchev–Trinajstić information content (AvgIpc) is 3.20. The van der Waals surface area contributed by atoms with Gasteiger partial charge in [0.05, 0.1) is 13.2 Å². The summed E-state index contributed by atoms with van der Waals surface area (Å²) in [5.74, 6) is 0.594. The highest BCUT2D eigenvalue weighted by Crippen LogP contribution is 2.38. The van der Waals surface area contributed by atoms with E-state index >= 15 is 0 Å². The smallest absolute Gasteiger partial charge is 0.228 e. The van der Waals surface area contributed by atoms with Crippen LogP contribution in [0.1, 0.15) is 31.7 Å². The first-order chi connectivity index (χ1) is 14.7. The number of hydrogen-bond acceptors (Lipinski definition) is 6. The van der Waals surface area contributed by atoms with E-state index in [-0.39, 0.29) is 0 Å². The fourth-order valence-corrected chi connectivity index (χ4v) is 5.01. The maximum atomic E-state index is 5.58. The Hall–Kier alpha value is -2.51. The molecule has 5 rings (SSSR count). The molecule has 1 saturated heterocycles. The normalized spacial score (nSPS) is 23.7. The van der Waals surface area contributed by atoms with Gasteiger partial charge in [-0.3, -0.25) is 4.90 Å². The van der Waals surface area contributed by atoms with Gasteiger partial charge in [0.25, 0.3) is 0 Å². The molecule has 0 amide bonds. The molecular weight excluding hydrogens is 376 g/mol. The number of likely N-dealkylation sites (N-methyl/N-ethyl adjacent to an activating group) is 1. The van der Waals surface area contributed by atoms with Crippen LogP contribution in [0.15, 0.2) is 36.7 Å². The molecule has 0 spiro atoms. The summed E-state index contributed by atoms with van der Waals surface area (Å²) in [4.78, 5) is 14.1. The van der Waals surface area contributed by atoms with Crippen LogP contribution in [-0.2, 0) is 0 Å². The van der Waals surface area contributed by atoms with Crippen molar-refractivity contribution in [2.45, 2.75) is 37.8 Å². The molecule has 2 fully saturated rings. The van der Waals surface area contributed by atoms with Crippen molar-refractivity contribution in [3.8, 4) is 17.1 Å². The zero-order chi connectivity index (χ0) is 20.5. The average molecular weight is 407 g/mol. The molecule has 158 valence electrons. The number of fused-ring (bicyclic) bond motifs is 1. The molecule has 2 aliphatic rings. The molecular formula is C23H30N6O. The fourth-order valence-electron chi connectivity index (χ4n) is 5.01. The SMILES string of the molecule is COc1ncnc2c1c(-c1ccccc1)nn2C1CCC(N2CCN(C)CC2)CC1. The Kier molecular flexibility index (Phi) is 5.39. The second-order valence-corrected chi connectivity index (χ2v) is 8.54. The minimum absolute atomic E-state index is 0.369. The maximum Gasteiger partial charge on any atom is 0.228 e. The number of piperazine rings is 1. The first-order valence-corrected chi connectivity index (χ1v) is 11.0. The lowest BCUT2D eigenvalue weighted by Gasteiger charge is -2.41. The summed E-state index contributed by atoms with van der Waals surface area (Å²) >= 11 is 0. The largest absolute Gasteiger partial charge is 0.480 e. The van der Waals surface area contributed by atoms with Crippen LogP contribution in [0.3, 0.4) is 0 Å². The minimum Gasteiger partial charge on any atom is -0.480 e. The molecule has 1 saturated carbocycles. The van der Waals surface area contributed by atoms with Crippen molar-refractivity contribution in [3.05, 3.63) is 36.7 Å². The molecule has 1 aromatic carbocycles. The van der Waals surface area contributed by atoms with E-state index in [1.807, 2.05) is 18.2 Å². The van der Waals surface area contributed by atoms with Crippen molar-refractivity contribution >= 4 is 11.0 Å². The Morgan fingerprint density at radius 2 is 1.60 bits per heavy atom. The van der Waals surface area contributed by atoms with Crippen LogP contribution in [0.4, 0.5) is 0 Å². The zero-order valence-electron chi connectivity index (χ0n) is 17.9. The van der Waals surface area contributed by atoms with Crippen LogP contribution < -0.4 is 4.74 Å². The number of ether oxygens (including phenoxy) is 1. The van der Waals surface area contributed by atoms with Crippen molar-refractivity contribution < 1.29 is 4.74 Å². The topological polar surface area (TPSA) is 59.3 Å². The zero-order valence-corrected chi connectivity index (χ0v) is 17.9. The van der Waals surface area contributed by atoms with Gasteiger partial charge in [0.2, 0.25) is 5.88 Å². The Morgan fingerprint density at radius 3 is 2.30 bits per heavy atom. The highest BCUT2D eigenvalue weighted by molar-refractivity contribution is 5.95. The highest BCUT2D eigenvalue weighted by atomic mass is 16.5. The molecule has 3 heterocycles. The van der Waals surface area contributed by atoms with E-state index < -0.39 is 0 Å². The fraction of sp³-hybridized carbons (Fsp3) is 0.522. The number of methoxy groups -OCH3 is 1.